The Hall–Kier alpha value is -1.79. The smallest absolute Gasteiger partial charge is 0.413 e. The van der Waals surface area contributed by atoms with Crippen molar-refractivity contribution in [3.8, 4) is 0 Å². The highest BCUT2D eigenvalue weighted by Crippen LogP contribution is 2.35. The maximum absolute atomic E-state index is 12.3. The summed E-state index contributed by atoms with van der Waals surface area (Å²) in [5.74, 6) is -0.660. The molecule has 142 valence electrons. The number of carboxylic acids is 1. The molecule has 1 saturated carbocycles. The van der Waals surface area contributed by atoms with Crippen molar-refractivity contribution in [1.29, 1.82) is 0 Å². The fraction of sp³-hybridized carbons (Fsp3) is 0.833. The standard InChI is InChI=1S/C18H29NO6/c1-3-16(20)24-12(2)25-18(23)19-11-14(10-15(19)17(21)22)9-13-7-5-4-6-8-13/h12-15H,3-11H2,1-2H3,(H,21,22)/t12-,14+,15+/m1/s1. The largest absolute Gasteiger partial charge is 0.480 e. The normalized spacial score (nSPS) is 25.4. The molecule has 1 heterocycles. The van der Waals surface area contributed by atoms with Crippen LogP contribution < -0.4 is 0 Å². The summed E-state index contributed by atoms with van der Waals surface area (Å²) >= 11 is 0. The van der Waals surface area contributed by atoms with E-state index in [1.54, 1.807) is 6.92 Å². The number of carbonyl (C=O) groups is 3. The number of carbonyl (C=O) groups excluding carboxylic acids is 2. The lowest BCUT2D eigenvalue weighted by molar-refractivity contribution is -0.166. The lowest BCUT2D eigenvalue weighted by Gasteiger charge is -2.25. The van der Waals surface area contributed by atoms with E-state index in [2.05, 4.69) is 0 Å². The average molecular weight is 355 g/mol. The number of esters is 1. The lowest BCUT2D eigenvalue weighted by Crippen LogP contribution is -2.42. The van der Waals surface area contributed by atoms with E-state index < -0.39 is 30.4 Å². The molecule has 0 aromatic heterocycles. The minimum Gasteiger partial charge on any atom is -0.480 e. The minimum absolute atomic E-state index is 0.185. The average Bonchev–Trinajstić information content (AvgIpc) is 2.99. The third-order valence-corrected chi connectivity index (χ3v) is 5.15. The van der Waals surface area contributed by atoms with Crippen LogP contribution in [0.1, 0.15) is 65.2 Å². The fourth-order valence-electron chi connectivity index (χ4n) is 3.93. The van der Waals surface area contributed by atoms with Crippen molar-refractivity contribution in [3.05, 3.63) is 0 Å². The van der Waals surface area contributed by atoms with E-state index in [9.17, 15) is 19.5 Å². The van der Waals surface area contributed by atoms with Crippen LogP contribution in [0.25, 0.3) is 0 Å². The summed E-state index contributed by atoms with van der Waals surface area (Å²) in [6.07, 6.45) is 6.03. The Morgan fingerprint density at radius 3 is 2.40 bits per heavy atom. The molecule has 1 aliphatic carbocycles. The third-order valence-electron chi connectivity index (χ3n) is 5.15. The number of hydrogen-bond donors (Lipinski definition) is 1. The van der Waals surface area contributed by atoms with Crippen LogP contribution >= 0.6 is 0 Å². The number of hydrogen-bond acceptors (Lipinski definition) is 5. The first kappa shape index (κ1) is 19.5. The number of nitrogens with zero attached hydrogens (tertiary/aromatic N) is 1. The molecule has 0 radical (unpaired) electrons. The van der Waals surface area contributed by atoms with Gasteiger partial charge in [-0.15, -0.1) is 0 Å². The van der Waals surface area contributed by atoms with Gasteiger partial charge in [0.2, 0.25) is 6.29 Å². The monoisotopic (exact) mass is 355 g/mol. The Kier molecular flexibility index (Phi) is 7.08. The number of amides is 1. The number of carboxylic acid groups (broad SMARTS) is 1. The van der Waals surface area contributed by atoms with Gasteiger partial charge in [0.05, 0.1) is 0 Å². The quantitative estimate of drug-likeness (QED) is 0.581. The number of likely N-dealkylation sites (tertiary alicyclic amines) is 1. The fourth-order valence-corrected chi connectivity index (χ4v) is 3.93. The zero-order valence-electron chi connectivity index (χ0n) is 15.1. The van der Waals surface area contributed by atoms with Crippen molar-refractivity contribution in [1.82, 2.24) is 4.90 Å². The lowest BCUT2D eigenvalue weighted by atomic mass is 9.82. The van der Waals surface area contributed by atoms with Gasteiger partial charge in [0, 0.05) is 19.9 Å². The molecule has 3 atom stereocenters. The molecule has 0 aromatic carbocycles. The second-order valence-corrected chi connectivity index (χ2v) is 7.14. The van der Waals surface area contributed by atoms with Gasteiger partial charge in [-0.3, -0.25) is 9.69 Å². The van der Waals surface area contributed by atoms with Crippen LogP contribution in [0.4, 0.5) is 4.79 Å². The van der Waals surface area contributed by atoms with Gasteiger partial charge >= 0.3 is 18.0 Å². The molecule has 1 aliphatic heterocycles. The molecule has 2 rings (SSSR count). The van der Waals surface area contributed by atoms with Crippen molar-refractivity contribution in [2.75, 3.05) is 6.54 Å². The van der Waals surface area contributed by atoms with E-state index in [-0.39, 0.29) is 12.3 Å². The Balaban J connectivity index is 1.91. The Morgan fingerprint density at radius 1 is 1.12 bits per heavy atom. The van der Waals surface area contributed by atoms with E-state index in [4.69, 9.17) is 9.47 Å². The number of rotatable bonds is 6. The molecule has 7 nitrogen and oxygen atoms in total. The highest BCUT2D eigenvalue weighted by Gasteiger charge is 2.41. The zero-order valence-corrected chi connectivity index (χ0v) is 15.1. The Bertz CT molecular complexity index is 488. The minimum atomic E-state index is -1.02. The molecule has 1 saturated heterocycles. The van der Waals surface area contributed by atoms with Gasteiger partial charge in [-0.05, 0) is 24.7 Å². The summed E-state index contributed by atoms with van der Waals surface area (Å²) in [6.45, 7) is 3.49. The first-order valence-electron chi connectivity index (χ1n) is 9.30. The summed E-state index contributed by atoms with van der Waals surface area (Å²) in [4.78, 5) is 36.4. The molecular weight excluding hydrogens is 326 g/mol. The SMILES string of the molecule is CCC(=O)O[C@@H](C)OC(=O)N1C[C@@H](CC2CCCCC2)C[C@H]1C(=O)O. The summed E-state index contributed by atoms with van der Waals surface area (Å²) in [5, 5.41) is 9.44. The summed E-state index contributed by atoms with van der Waals surface area (Å²) in [5.41, 5.74) is 0. The molecule has 25 heavy (non-hydrogen) atoms. The van der Waals surface area contributed by atoms with Gasteiger partial charge in [-0.1, -0.05) is 39.0 Å². The van der Waals surface area contributed by atoms with Crippen molar-refractivity contribution < 1.29 is 29.0 Å². The first-order valence-corrected chi connectivity index (χ1v) is 9.30. The van der Waals surface area contributed by atoms with Gasteiger partial charge < -0.3 is 14.6 Å². The maximum Gasteiger partial charge on any atom is 0.413 e. The van der Waals surface area contributed by atoms with Crippen LogP contribution in [0, 0.1) is 11.8 Å². The van der Waals surface area contributed by atoms with Crippen LogP contribution in [0.15, 0.2) is 0 Å². The van der Waals surface area contributed by atoms with Crippen LogP contribution in [-0.4, -0.2) is 46.9 Å². The molecule has 1 N–H and O–H groups in total. The molecule has 0 bridgehead atoms. The van der Waals surface area contributed by atoms with Crippen LogP contribution in [-0.2, 0) is 19.1 Å². The molecule has 1 amide bonds. The van der Waals surface area contributed by atoms with E-state index in [0.717, 1.165) is 6.42 Å². The zero-order chi connectivity index (χ0) is 18.4. The van der Waals surface area contributed by atoms with Gasteiger partial charge in [-0.2, -0.15) is 0 Å². The van der Waals surface area contributed by atoms with Gasteiger partial charge in [0.25, 0.3) is 0 Å². The summed E-state index contributed by atoms with van der Waals surface area (Å²) in [6, 6.07) is -0.866. The maximum atomic E-state index is 12.3. The van der Waals surface area contributed by atoms with Crippen molar-refractivity contribution in [2.45, 2.75) is 77.5 Å². The van der Waals surface area contributed by atoms with Gasteiger partial charge in [-0.25, -0.2) is 9.59 Å². The highest BCUT2D eigenvalue weighted by molar-refractivity contribution is 5.81. The molecule has 7 heteroatoms. The van der Waals surface area contributed by atoms with Crippen molar-refractivity contribution in [3.63, 3.8) is 0 Å². The van der Waals surface area contributed by atoms with Crippen molar-refractivity contribution in [2.24, 2.45) is 11.8 Å². The molecule has 0 aromatic rings. The second-order valence-electron chi connectivity index (χ2n) is 7.14. The summed E-state index contributed by atoms with van der Waals surface area (Å²) < 4.78 is 10.0. The second kappa shape index (κ2) is 9.06. The topological polar surface area (TPSA) is 93.1 Å². The van der Waals surface area contributed by atoms with E-state index in [0.29, 0.717) is 18.9 Å². The van der Waals surface area contributed by atoms with Gasteiger partial charge in [0.1, 0.15) is 6.04 Å². The van der Waals surface area contributed by atoms with Crippen molar-refractivity contribution >= 4 is 18.0 Å². The van der Waals surface area contributed by atoms with E-state index in [1.165, 1.54) is 43.9 Å². The third kappa shape index (κ3) is 5.61. The molecule has 0 spiro atoms. The van der Waals surface area contributed by atoms with Gasteiger partial charge in [0.15, 0.2) is 0 Å². The predicted molar refractivity (Wildman–Crippen MR) is 89.8 cm³/mol. The molecular formula is C18H29NO6. The van der Waals surface area contributed by atoms with E-state index in [1.807, 2.05) is 0 Å². The van der Waals surface area contributed by atoms with Crippen LogP contribution in [0.5, 0.6) is 0 Å². The van der Waals surface area contributed by atoms with Crippen LogP contribution in [0.2, 0.25) is 0 Å². The predicted octanol–water partition coefficient (Wildman–Crippen LogP) is 3.17. The highest BCUT2D eigenvalue weighted by atomic mass is 16.7. The molecule has 0 unspecified atom stereocenters. The van der Waals surface area contributed by atoms with Crippen LogP contribution in [0.3, 0.4) is 0 Å². The molecule has 2 aliphatic rings. The first-order chi connectivity index (χ1) is 11.9. The number of ether oxygens (including phenoxy) is 2. The molecule has 2 fully saturated rings. The summed E-state index contributed by atoms with van der Waals surface area (Å²) in [7, 11) is 0. The number of aliphatic carboxylic acids is 1. The Labute approximate surface area is 148 Å². The Morgan fingerprint density at radius 2 is 1.80 bits per heavy atom. The van der Waals surface area contributed by atoms with E-state index >= 15 is 0 Å².